The number of fused-ring (bicyclic) bond motifs is 1. The van der Waals surface area contributed by atoms with Gasteiger partial charge in [-0.1, -0.05) is 36.4 Å². The van der Waals surface area contributed by atoms with Crippen molar-refractivity contribution in [3.63, 3.8) is 0 Å². The second kappa shape index (κ2) is 7.67. The fourth-order valence-electron chi connectivity index (χ4n) is 3.42. The van der Waals surface area contributed by atoms with Crippen LogP contribution in [0.15, 0.2) is 48.5 Å². The molecule has 1 atom stereocenters. The summed E-state index contributed by atoms with van der Waals surface area (Å²) in [7, 11) is 0. The van der Waals surface area contributed by atoms with E-state index < -0.39 is 6.09 Å². The van der Waals surface area contributed by atoms with Gasteiger partial charge in [-0.15, -0.1) is 0 Å². The van der Waals surface area contributed by atoms with Crippen molar-refractivity contribution in [3.05, 3.63) is 59.7 Å². The van der Waals surface area contributed by atoms with Gasteiger partial charge < -0.3 is 20.1 Å². The topological polar surface area (TPSA) is 79.9 Å². The third-order valence-electron chi connectivity index (χ3n) is 4.74. The molecule has 140 valence electrons. The van der Waals surface area contributed by atoms with Gasteiger partial charge in [-0.05, 0) is 29.7 Å². The van der Waals surface area contributed by atoms with Crippen molar-refractivity contribution in [3.8, 4) is 0 Å². The molecule has 0 unspecified atom stereocenters. The molecule has 0 aliphatic carbocycles. The first-order chi connectivity index (χ1) is 13.2. The molecule has 2 aromatic rings. The molecule has 0 bridgehead atoms. The van der Waals surface area contributed by atoms with Crippen LogP contribution < -0.4 is 15.5 Å². The minimum absolute atomic E-state index is 0.162. The van der Waals surface area contributed by atoms with E-state index in [-0.39, 0.29) is 12.1 Å². The molecule has 2 N–H and O–H groups in total. The highest BCUT2D eigenvalue weighted by atomic mass is 16.6. The molecule has 1 saturated heterocycles. The maximum absolute atomic E-state index is 12.4. The zero-order valence-corrected chi connectivity index (χ0v) is 14.8. The van der Waals surface area contributed by atoms with E-state index in [2.05, 4.69) is 16.7 Å². The van der Waals surface area contributed by atoms with Crippen LogP contribution >= 0.6 is 0 Å². The highest BCUT2D eigenvalue weighted by Gasteiger charge is 2.26. The number of carbonyl (C=O) groups excluding carboxylic acids is 2. The molecular weight excluding hydrogens is 346 g/mol. The minimum Gasteiger partial charge on any atom is -0.447 e. The third kappa shape index (κ3) is 3.73. The normalized spacial score (nSPS) is 18.6. The smallest absolute Gasteiger partial charge is 0.414 e. The largest absolute Gasteiger partial charge is 0.447 e. The number of nitrogens with zero attached hydrogens (tertiary/aromatic N) is 1. The number of para-hydroxylation sites is 2. The molecule has 0 aromatic heterocycles. The molecular formula is C20H21N3O4. The van der Waals surface area contributed by atoms with Gasteiger partial charge in [0, 0.05) is 6.54 Å². The van der Waals surface area contributed by atoms with Crippen molar-refractivity contribution >= 4 is 23.5 Å². The SMILES string of the molecule is O=C(NC[C@H]1OCCc2ccccc21)Nc1ccccc1N1CCOC1=O. The molecule has 0 radical (unpaired) electrons. The van der Waals surface area contributed by atoms with Gasteiger partial charge in [-0.25, -0.2) is 9.59 Å². The van der Waals surface area contributed by atoms with Gasteiger partial charge in [-0.2, -0.15) is 0 Å². The van der Waals surface area contributed by atoms with E-state index in [0.717, 1.165) is 12.0 Å². The maximum atomic E-state index is 12.4. The van der Waals surface area contributed by atoms with Crippen LogP contribution in [0.1, 0.15) is 17.2 Å². The zero-order chi connectivity index (χ0) is 18.6. The number of carbonyl (C=O) groups is 2. The maximum Gasteiger partial charge on any atom is 0.414 e. The summed E-state index contributed by atoms with van der Waals surface area (Å²) in [6.07, 6.45) is 0.319. The molecule has 3 amide bonds. The number of benzene rings is 2. The van der Waals surface area contributed by atoms with Gasteiger partial charge in [-0.3, -0.25) is 4.90 Å². The molecule has 7 heteroatoms. The van der Waals surface area contributed by atoms with Gasteiger partial charge in [0.2, 0.25) is 0 Å². The molecule has 0 saturated carbocycles. The van der Waals surface area contributed by atoms with Gasteiger partial charge in [0.15, 0.2) is 0 Å². The lowest BCUT2D eigenvalue weighted by Gasteiger charge is -2.26. The summed E-state index contributed by atoms with van der Waals surface area (Å²) in [5, 5.41) is 5.68. The van der Waals surface area contributed by atoms with Crippen LogP contribution in [0.25, 0.3) is 0 Å². The Morgan fingerprint density at radius 1 is 1.11 bits per heavy atom. The van der Waals surface area contributed by atoms with Gasteiger partial charge >= 0.3 is 12.1 Å². The number of hydrogen-bond donors (Lipinski definition) is 2. The minimum atomic E-state index is -0.406. The van der Waals surface area contributed by atoms with E-state index in [4.69, 9.17) is 9.47 Å². The Bertz CT molecular complexity index is 855. The lowest BCUT2D eigenvalue weighted by molar-refractivity contribution is 0.0444. The highest BCUT2D eigenvalue weighted by molar-refractivity contribution is 5.98. The summed E-state index contributed by atoms with van der Waals surface area (Å²) in [6.45, 7) is 1.82. The molecule has 2 aliphatic heterocycles. The number of anilines is 2. The van der Waals surface area contributed by atoms with E-state index in [1.54, 1.807) is 18.2 Å². The zero-order valence-electron chi connectivity index (χ0n) is 14.8. The third-order valence-corrected chi connectivity index (χ3v) is 4.74. The van der Waals surface area contributed by atoms with E-state index in [9.17, 15) is 9.59 Å². The molecule has 27 heavy (non-hydrogen) atoms. The number of amides is 3. The Hall–Kier alpha value is -3.06. The first-order valence-electron chi connectivity index (χ1n) is 9.00. The van der Waals surface area contributed by atoms with Gasteiger partial charge in [0.05, 0.1) is 24.5 Å². The summed E-state index contributed by atoms with van der Waals surface area (Å²) in [5.41, 5.74) is 3.55. The Balaban J connectivity index is 1.40. The molecule has 7 nitrogen and oxygen atoms in total. The van der Waals surface area contributed by atoms with Crippen molar-refractivity contribution in [1.82, 2.24) is 5.32 Å². The lowest BCUT2D eigenvalue weighted by Crippen LogP contribution is -2.35. The predicted molar refractivity (Wildman–Crippen MR) is 101 cm³/mol. The number of rotatable bonds is 4. The summed E-state index contributed by atoms with van der Waals surface area (Å²) in [5.74, 6) is 0. The molecule has 2 aliphatic rings. The average Bonchev–Trinajstić information content (AvgIpc) is 3.12. The Labute approximate surface area is 157 Å². The summed E-state index contributed by atoms with van der Waals surface area (Å²) >= 11 is 0. The second-order valence-electron chi connectivity index (χ2n) is 6.43. The van der Waals surface area contributed by atoms with Crippen molar-refractivity contribution < 1.29 is 19.1 Å². The molecule has 2 aromatic carbocycles. The van der Waals surface area contributed by atoms with Crippen LogP contribution in [0.3, 0.4) is 0 Å². The molecule has 1 fully saturated rings. The standard InChI is InChI=1S/C20H21N3O4/c24-19(21-13-18-15-6-2-1-5-14(15)9-11-26-18)22-16-7-3-4-8-17(16)23-10-12-27-20(23)25/h1-8,18H,9-13H2,(H2,21,22,24)/t18-/m1/s1. The van der Waals surface area contributed by atoms with E-state index in [1.807, 2.05) is 24.3 Å². The van der Waals surface area contributed by atoms with E-state index in [0.29, 0.717) is 37.7 Å². The Kier molecular flexibility index (Phi) is 4.93. The first kappa shape index (κ1) is 17.4. The highest BCUT2D eigenvalue weighted by Crippen LogP contribution is 2.28. The van der Waals surface area contributed by atoms with Gasteiger partial charge in [0.25, 0.3) is 0 Å². The monoisotopic (exact) mass is 367 g/mol. The second-order valence-corrected chi connectivity index (χ2v) is 6.43. The first-order valence-corrected chi connectivity index (χ1v) is 9.00. The van der Waals surface area contributed by atoms with Crippen molar-refractivity contribution in [2.75, 3.05) is 36.5 Å². The molecule has 0 spiro atoms. The number of hydrogen-bond acceptors (Lipinski definition) is 4. The van der Waals surface area contributed by atoms with Crippen molar-refractivity contribution in [2.24, 2.45) is 0 Å². The number of urea groups is 1. The van der Waals surface area contributed by atoms with Crippen LogP contribution in [0.4, 0.5) is 21.0 Å². The van der Waals surface area contributed by atoms with Crippen LogP contribution in [-0.4, -0.2) is 38.4 Å². The van der Waals surface area contributed by atoms with Crippen LogP contribution in [-0.2, 0) is 15.9 Å². The van der Waals surface area contributed by atoms with Crippen molar-refractivity contribution in [2.45, 2.75) is 12.5 Å². The number of nitrogens with one attached hydrogen (secondary N) is 2. The van der Waals surface area contributed by atoms with Gasteiger partial charge in [0.1, 0.15) is 12.7 Å². The predicted octanol–water partition coefficient (Wildman–Crippen LogP) is 3.08. The van der Waals surface area contributed by atoms with E-state index >= 15 is 0 Å². The summed E-state index contributed by atoms with van der Waals surface area (Å²) in [4.78, 5) is 25.7. The molecule has 2 heterocycles. The lowest BCUT2D eigenvalue weighted by atomic mass is 9.98. The number of cyclic esters (lactones) is 1. The molecule has 4 rings (SSSR count). The fraction of sp³-hybridized carbons (Fsp3) is 0.300. The van der Waals surface area contributed by atoms with Crippen LogP contribution in [0.5, 0.6) is 0 Å². The average molecular weight is 367 g/mol. The Morgan fingerprint density at radius 2 is 1.93 bits per heavy atom. The van der Waals surface area contributed by atoms with Crippen LogP contribution in [0, 0.1) is 0 Å². The van der Waals surface area contributed by atoms with Crippen LogP contribution in [0.2, 0.25) is 0 Å². The summed E-state index contributed by atoms with van der Waals surface area (Å²) < 4.78 is 10.8. The Morgan fingerprint density at radius 3 is 2.78 bits per heavy atom. The number of ether oxygens (including phenoxy) is 2. The summed E-state index contributed by atoms with van der Waals surface area (Å²) in [6, 6.07) is 14.9. The van der Waals surface area contributed by atoms with Crippen molar-refractivity contribution in [1.29, 1.82) is 0 Å². The van der Waals surface area contributed by atoms with E-state index in [1.165, 1.54) is 10.5 Å². The quantitative estimate of drug-likeness (QED) is 0.870. The fourth-order valence-corrected chi connectivity index (χ4v) is 3.42.